The predicted molar refractivity (Wildman–Crippen MR) is 119 cm³/mol. The molecule has 3 aromatic heterocycles. The number of nitrogens with one attached hydrogen (secondary N) is 1. The molecular weight excluding hydrogens is 414 g/mol. The molecule has 0 atom stereocenters. The van der Waals surface area contributed by atoms with Gasteiger partial charge in [0, 0.05) is 23.5 Å². The Morgan fingerprint density at radius 1 is 1.13 bits per heavy atom. The Morgan fingerprint density at radius 2 is 1.97 bits per heavy atom. The molecule has 0 spiro atoms. The monoisotopic (exact) mass is 435 g/mol. The quantitative estimate of drug-likeness (QED) is 0.506. The lowest BCUT2D eigenvalue weighted by Gasteiger charge is -2.22. The minimum absolute atomic E-state index is 0.341. The number of piperidine rings is 1. The molecule has 1 saturated heterocycles. The van der Waals surface area contributed by atoms with Crippen LogP contribution in [0.3, 0.4) is 0 Å². The van der Waals surface area contributed by atoms with E-state index >= 15 is 0 Å². The van der Waals surface area contributed by atoms with Gasteiger partial charge in [0.15, 0.2) is 5.82 Å². The Balaban J connectivity index is 1.52. The molecule has 3 N–H and O–H groups in total. The van der Waals surface area contributed by atoms with Crippen LogP contribution >= 0.6 is 11.6 Å². The minimum atomic E-state index is 0.341. The average molecular weight is 436 g/mol. The zero-order chi connectivity index (χ0) is 21.4. The van der Waals surface area contributed by atoms with E-state index in [-0.39, 0.29) is 0 Å². The highest BCUT2D eigenvalue weighted by Crippen LogP contribution is 2.31. The Labute approximate surface area is 184 Å². The fraction of sp³-hybridized carbons (Fsp3) is 0.286. The van der Waals surface area contributed by atoms with Gasteiger partial charge >= 0.3 is 0 Å². The SMILES string of the molecule is Cc1ccc(-n2nnnc2-c2cc(-c3cnn(C4CCNCC4)c3)cnc2N)c(Cl)c1. The van der Waals surface area contributed by atoms with E-state index in [1.165, 1.54) is 0 Å². The lowest BCUT2D eigenvalue weighted by Crippen LogP contribution is -2.29. The number of anilines is 1. The second kappa shape index (κ2) is 8.09. The number of pyridine rings is 1. The fourth-order valence-corrected chi connectivity index (χ4v) is 4.19. The number of tetrazole rings is 1. The lowest BCUT2D eigenvalue weighted by atomic mass is 10.1. The van der Waals surface area contributed by atoms with Crippen molar-refractivity contribution in [1.82, 2.24) is 40.3 Å². The van der Waals surface area contributed by atoms with Crippen molar-refractivity contribution in [2.24, 2.45) is 0 Å². The summed E-state index contributed by atoms with van der Waals surface area (Å²) in [7, 11) is 0. The van der Waals surface area contributed by atoms with Gasteiger partial charge in [-0.25, -0.2) is 4.98 Å². The molecule has 4 aromatic rings. The van der Waals surface area contributed by atoms with Crippen LogP contribution in [0.2, 0.25) is 5.02 Å². The number of hydrogen-bond donors (Lipinski definition) is 2. The zero-order valence-electron chi connectivity index (χ0n) is 17.0. The Kier molecular flexibility index (Phi) is 5.13. The molecule has 10 heteroatoms. The van der Waals surface area contributed by atoms with Gasteiger partial charge in [0.1, 0.15) is 5.82 Å². The van der Waals surface area contributed by atoms with Gasteiger partial charge in [0.2, 0.25) is 0 Å². The molecule has 0 unspecified atom stereocenters. The van der Waals surface area contributed by atoms with Crippen molar-refractivity contribution >= 4 is 17.4 Å². The molecule has 0 amide bonds. The van der Waals surface area contributed by atoms with Crippen molar-refractivity contribution in [2.45, 2.75) is 25.8 Å². The van der Waals surface area contributed by atoms with Crippen LogP contribution in [-0.2, 0) is 0 Å². The van der Waals surface area contributed by atoms with Crippen molar-refractivity contribution in [3.63, 3.8) is 0 Å². The number of hydrogen-bond acceptors (Lipinski definition) is 7. The van der Waals surface area contributed by atoms with Gasteiger partial charge in [0.25, 0.3) is 0 Å². The fourth-order valence-electron chi connectivity index (χ4n) is 3.87. The topological polar surface area (TPSA) is 112 Å². The molecule has 1 aliphatic heterocycles. The van der Waals surface area contributed by atoms with Gasteiger partial charge in [-0.1, -0.05) is 17.7 Å². The first-order valence-corrected chi connectivity index (χ1v) is 10.5. The number of nitrogens with two attached hydrogens (primary N) is 1. The number of halogens is 1. The summed E-state index contributed by atoms with van der Waals surface area (Å²) in [6, 6.07) is 8.06. The smallest absolute Gasteiger partial charge is 0.190 e. The second-order valence-electron chi connectivity index (χ2n) is 7.72. The Morgan fingerprint density at radius 3 is 2.77 bits per heavy atom. The van der Waals surface area contributed by atoms with Gasteiger partial charge in [-0.2, -0.15) is 9.78 Å². The van der Waals surface area contributed by atoms with E-state index in [0.717, 1.165) is 42.6 Å². The molecule has 1 fully saturated rings. The van der Waals surface area contributed by atoms with Crippen LogP contribution in [0.15, 0.2) is 42.9 Å². The van der Waals surface area contributed by atoms with E-state index in [4.69, 9.17) is 17.3 Å². The van der Waals surface area contributed by atoms with Crippen LogP contribution in [0.4, 0.5) is 5.82 Å². The number of aromatic nitrogens is 7. The molecule has 0 saturated carbocycles. The van der Waals surface area contributed by atoms with Gasteiger partial charge < -0.3 is 11.1 Å². The maximum atomic E-state index is 6.45. The average Bonchev–Trinajstić information content (AvgIpc) is 3.45. The molecule has 0 aliphatic carbocycles. The van der Waals surface area contributed by atoms with Crippen molar-refractivity contribution in [3.05, 3.63) is 53.4 Å². The van der Waals surface area contributed by atoms with E-state index in [9.17, 15) is 0 Å². The second-order valence-corrected chi connectivity index (χ2v) is 8.12. The molecule has 0 bridgehead atoms. The third-order valence-corrected chi connectivity index (χ3v) is 5.88. The van der Waals surface area contributed by atoms with E-state index in [1.807, 2.05) is 42.1 Å². The van der Waals surface area contributed by atoms with E-state index in [0.29, 0.717) is 34.0 Å². The summed E-state index contributed by atoms with van der Waals surface area (Å²) in [6.07, 6.45) is 7.80. The van der Waals surface area contributed by atoms with E-state index < -0.39 is 0 Å². The summed E-state index contributed by atoms with van der Waals surface area (Å²) in [6.45, 7) is 4.00. The summed E-state index contributed by atoms with van der Waals surface area (Å²) in [4.78, 5) is 4.39. The summed E-state index contributed by atoms with van der Waals surface area (Å²) in [5.74, 6) is 0.817. The zero-order valence-corrected chi connectivity index (χ0v) is 17.8. The van der Waals surface area contributed by atoms with Crippen LogP contribution in [0, 0.1) is 6.92 Å². The summed E-state index contributed by atoms with van der Waals surface area (Å²) in [5.41, 5.74) is 10.4. The first-order valence-electron chi connectivity index (χ1n) is 10.2. The molecule has 0 radical (unpaired) electrons. The number of rotatable bonds is 4. The normalized spacial score (nSPS) is 14.8. The van der Waals surface area contributed by atoms with Crippen LogP contribution in [-0.4, -0.2) is 48.1 Å². The largest absolute Gasteiger partial charge is 0.383 e. The molecule has 31 heavy (non-hydrogen) atoms. The van der Waals surface area contributed by atoms with Crippen molar-refractivity contribution in [2.75, 3.05) is 18.8 Å². The van der Waals surface area contributed by atoms with E-state index in [1.54, 1.807) is 10.9 Å². The van der Waals surface area contributed by atoms with Crippen molar-refractivity contribution in [1.29, 1.82) is 0 Å². The number of nitrogen functional groups attached to an aromatic ring is 1. The third-order valence-electron chi connectivity index (χ3n) is 5.58. The van der Waals surface area contributed by atoms with Crippen LogP contribution in [0.5, 0.6) is 0 Å². The standard InChI is InChI=1S/C21H22ClN9/c1-13-2-3-19(18(22)8-13)31-21(27-28-29-31)17-9-14(10-25-20(17)23)15-11-26-30(12-15)16-4-6-24-7-5-16/h2-3,8-12,16,24H,4-7H2,1H3,(H2,23,25). The maximum Gasteiger partial charge on any atom is 0.190 e. The molecule has 1 aromatic carbocycles. The molecule has 5 rings (SSSR count). The number of aryl methyl sites for hydroxylation is 1. The van der Waals surface area contributed by atoms with Crippen LogP contribution in [0.25, 0.3) is 28.2 Å². The van der Waals surface area contributed by atoms with Gasteiger partial charge in [-0.3, -0.25) is 4.68 Å². The van der Waals surface area contributed by atoms with E-state index in [2.05, 4.69) is 37.1 Å². The molecule has 158 valence electrons. The maximum absolute atomic E-state index is 6.45. The third kappa shape index (κ3) is 3.77. The molecular formula is C21H22ClN9. The summed E-state index contributed by atoms with van der Waals surface area (Å²) < 4.78 is 3.62. The van der Waals surface area contributed by atoms with Gasteiger partial charge in [0.05, 0.1) is 28.5 Å². The predicted octanol–water partition coefficient (Wildman–Crippen LogP) is 3.06. The van der Waals surface area contributed by atoms with Gasteiger partial charge in [-0.05, 0) is 67.0 Å². The lowest BCUT2D eigenvalue weighted by molar-refractivity contribution is 0.343. The number of nitrogens with zero attached hydrogens (tertiary/aromatic N) is 7. The van der Waals surface area contributed by atoms with Crippen molar-refractivity contribution < 1.29 is 0 Å². The van der Waals surface area contributed by atoms with Crippen LogP contribution in [0.1, 0.15) is 24.4 Å². The number of benzene rings is 1. The van der Waals surface area contributed by atoms with Crippen LogP contribution < -0.4 is 11.1 Å². The first kappa shape index (κ1) is 19.7. The molecule has 4 heterocycles. The molecule has 9 nitrogen and oxygen atoms in total. The Bertz CT molecular complexity index is 1220. The highest BCUT2D eigenvalue weighted by molar-refractivity contribution is 6.32. The highest BCUT2D eigenvalue weighted by Gasteiger charge is 2.19. The summed E-state index contributed by atoms with van der Waals surface area (Å²) >= 11 is 6.45. The molecule has 1 aliphatic rings. The van der Waals surface area contributed by atoms with Crippen molar-refractivity contribution in [3.8, 4) is 28.2 Å². The summed E-state index contributed by atoms with van der Waals surface area (Å²) in [5, 5.41) is 20.7. The Hall–Kier alpha value is -3.30. The first-order chi connectivity index (χ1) is 15.1. The highest BCUT2D eigenvalue weighted by atomic mass is 35.5. The minimum Gasteiger partial charge on any atom is -0.383 e. The van der Waals surface area contributed by atoms with Gasteiger partial charge in [-0.15, -0.1) is 5.10 Å².